The lowest BCUT2D eigenvalue weighted by Crippen LogP contribution is -2.54. The van der Waals surface area contributed by atoms with Crippen molar-refractivity contribution in [1.29, 1.82) is 0 Å². The normalized spacial score (nSPS) is 18.8. The van der Waals surface area contributed by atoms with Crippen molar-refractivity contribution in [2.24, 2.45) is 41.4 Å². The van der Waals surface area contributed by atoms with Crippen LogP contribution in [-0.4, -0.2) is 107 Å². The second-order valence-electron chi connectivity index (χ2n) is 16.4. The van der Waals surface area contributed by atoms with E-state index in [-0.39, 0.29) is 72.5 Å². The van der Waals surface area contributed by atoms with E-state index in [0.29, 0.717) is 32.2 Å². The molecule has 11 heteroatoms. The summed E-state index contributed by atoms with van der Waals surface area (Å²) in [5.74, 6) is 4.33. The van der Waals surface area contributed by atoms with Crippen LogP contribution in [-0.2, 0) is 30.3 Å². The summed E-state index contributed by atoms with van der Waals surface area (Å²) in [4.78, 5) is 63.6. The van der Waals surface area contributed by atoms with Gasteiger partial charge in [0, 0.05) is 82.1 Å². The number of hydrogen-bond donors (Lipinski definition) is 2. The number of rotatable bonds is 22. The molecule has 0 bridgehead atoms. The summed E-state index contributed by atoms with van der Waals surface area (Å²) in [6, 6.07) is 10.9. The van der Waals surface area contributed by atoms with Crippen molar-refractivity contribution in [2.75, 3.05) is 34.4 Å². The molecule has 1 fully saturated rings. The Balaban J connectivity index is 1.71. The van der Waals surface area contributed by atoms with Crippen LogP contribution in [0.2, 0.25) is 0 Å². The number of benzene rings is 1. The van der Waals surface area contributed by atoms with Gasteiger partial charge >= 0.3 is 0 Å². The van der Waals surface area contributed by atoms with Crippen molar-refractivity contribution in [3.63, 3.8) is 0 Å². The highest BCUT2D eigenvalue weighted by Crippen LogP contribution is 2.33. The van der Waals surface area contributed by atoms with Crippen LogP contribution < -0.4 is 5.84 Å². The van der Waals surface area contributed by atoms with E-state index >= 15 is 0 Å². The van der Waals surface area contributed by atoms with E-state index in [1.165, 1.54) is 5.01 Å². The zero-order valence-electron chi connectivity index (χ0n) is 34.7. The number of pyridine rings is 1. The minimum absolute atomic E-state index is 0.000758. The van der Waals surface area contributed by atoms with E-state index < -0.39 is 30.0 Å². The molecule has 1 aromatic carbocycles. The molecule has 0 saturated carbocycles. The number of aliphatic hydroxyl groups is 1. The van der Waals surface area contributed by atoms with Crippen molar-refractivity contribution in [3.05, 3.63) is 42.1 Å². The number of nitrogens with two attached hydrogens (primary N) is 1. The van der Waals surface area contributed by atoms with E-state index in [9.17, 15) is 24.3 Å². The fourth-order valence-electron chi connectivity index (χ4n) is 8.61. The number of methoxy groups -OCH3 is 1. The van der Waals surface area contributed by atoms with Crippen LogP contribution >= 0.6 is 0 Å². The highest BCUT2D eigenvalue weighted by atomic mass is 16.5. The summed E-state index contributed by atoms with van der Waals surface area (Å²) in [5, 5.41) is 13.1. The molecule has 54 heavy (non-hydrogen) atoms. The molecule has 2 heterocycles. The quantitative estimate of drug-likeness (QED) is 0.114. The first kappa shape index (κ1) is 45.1. The van der Waals surface area contributed by atoms with Gasteiger partial charge in [-0.3, -0.25) is 30.0 Å². The Labute approximate surface area is 324 Å². The minimum atomic E-state index is -0.597. The average Bonchev–Trinajstić information content (AvgIpc) is 3.62. The monoisotopic (exact) mass is 752 g/mol. The van der Waals surface area contributed by atoms with Gasteiger partial charge in [-0.05, 0) is 55.6 Å². The van der Waals surface area contributed by atoms with Crippen LogP contribution in [0.15, 0.2) is 36.4 Å². The Kier molecular flexibility index (Phi) is 17.7. The minimum Gasteiger partial charge on any atom is -0.396 e. The standard InChI is InChI=1S/C43H69N5O6/c1-11-29(6)42(46(8)43(53)33(27(2)3)24-38(51)41(28(4)5)47(9)44)39(54-10)25-40(52)48-23-15-19-36(48)34(26-49)30(7)37(50)20-14-17-32-22-21-31-16-12-13-18-35(31)45-32/h12-13,16,18,21-22,27-30,33-34,36,39,41-42,49H,11,14-15,17,19-20,23-26,44H2,1-10H3/t29-,30+,33-,34+,36-,39+,41-,42?/m0/s1. The Morgan fingerprint density at radius 1 is 0.981 bits per heavy atom. The van der Waals surface area contributed by atoms with Gasteiger partial charge in [0.15, 0.2) is 5.78 Å². The number of para-hydroxylation sites is 1. The molecule has 11 nitrogen and oxygen atoms in total. The summed E-state index contributed by atoms with van der Waals surface area (Å²) < 4.78 is 6.03. The van der Waals surface area contributed by atoms with Gasteiger partial charge in [0.25, 0.3) is 0 Å². The fourth-order valence-corrected chi connectivity index (χ4v) is 8.61. The molecule has 0 radical (unpaired) electrons. The number of aliphatic hydroxyl groups excluding tert-OH is 1. The molecule has 1 saturated heterocycles. The van der Waals surface area contributed by atoms with Crippen LogP contribution in [0.1, 0.15) is 99.1 Å². The predicted molar refractivity (Wildman–Crippen MR) is 214 cm³/mol. The number of fused-ring (bicyclic) bond motifs is 1. The number of aryl methyl sites for hydroxylation is 1. The lowest BCUT2D eigenvalue weighted by atomic mass is 9.82. The number of carbonyl (C=O) groups is 4. The molecule has 1 aromatic heterocycles. The molecule has 3 N–H and O–H groups in total. The molecule has 1 unspecified atom stereocenters. The molecule has 2 amide bonds. The maximum absolute atomic E-state index is 14.2. The van der Waals surface area contributed by atoms with Crippen LogP contribution in [0, 0.1) is 35.5 Å². The fraction of sp³-hybridized carbons (Fsp3) is 0.698. The second kappa shape index (κ2) is 21.2. The van der Waals surface area contributed by atoms with Gasteiger partial charge in [-0.2, -0.15) is 0 Å². The Morgan fingerprint density at radius 3 is 2.26 bits per heavy atom. The zero-order chi connectivity index (χ0) is 40.3. The molecule has 1 aliphatic heterocycles. The van der Waals surface area contributed by atoms with Gasteiger partial charge in [0.1, 0.15) is 5.78 Å². The SMILES string of the molecule is CC[C@H](C)C([C@@H](CC(=O)N1CCC[C@H]1[C@H](CO)[C@@H](C)C(=O)CCCc1ccc2ccccc2n1)OC)N(C)C(=O)[C@@H](CC(=O)[C@H](C(C)C)N(C)N)C(C)C. The average molecular weight is 752 g/mol. The van der Waals surface area contributed by atoms with Crippen LogP contribution in [0.4, 0.5) is 0 Å². The summed E-state index contributed by atoms with van der Waals surface area (Å²) in [5.41, 5.74) is 1.89. The smallest absolute Gasteiger partial charge is 0.226 e. The highest BCUT2D eigenvalue weighted by Gasteiger charge is 2.42. The largest absolute Gasteiger partial charge is 0.396 e. The molecular weight excluding hydrogens is 683 g/mol. The Bertz CT molecular complexity index is 1520. The summed E-state index contributed by atoms with van der Waals surface area (Å²) >= 11 is 0. The van der Waals surface area contributed by atoms with E-state index in [1.54, 1.807) is 26.1 Å². The number of likely N-dealkylation sites (tertiary alicyclic amines) is 1. The van der Waals surface area contributed by atoms with Gasteiger partial charge in [0.05, 0.1) is 30.1 Å². The maximum atomic E-state index is 14.2. The number of ketones is 2. The molecule has 0 spiro atoms. The molecule has 1 aliphatic rings. The van der Waals surface area contributed by atoms with Crippen LogP contribution in [0.5, 0.6) is 0 Å². The third-order valence-corrected chi connectivity index (χ3v) is 12.0. The van der Waals surface area contributed by atoms with Gasteiger partial charge in [-0.15, -0.1) is 0 Å². The summed E-state index contributed by atoms with van der Waals surface area (Å²) in [6.45, 7) is 14.1. The number of hydrazine groups is 1. The molecule has 302 valence electrons. The summed E-state index contributed by atoms with van der Waals surface area (Å²) in [6.07, 6.45) is 3.50. The van der Waals surface area contributed by atoms with Crippen molar-refractivity contribution < 1.29 is 29.0 Å². The molecular formula is C43H69N5O6. The number of amides is 2. The van der Waals surface area contributed by atoms with Crippen LogP contribution in [0.25, 0.3) is 10.9 Å². The topological polar surface area (TPSA) is 146 Å². The number of carbonyl (C=O) groups excluding carboxylic acids is 4. The summed E-state index contributed by atoms with van der Waals surface area (Å²) in [7, 11) is 5.01. The number of ether oxygens (including phenoxy) is 1. The number of aromatic nitrogens is 1. The lowest BCUT2D eigenvalue weighted by Gasteiger charge is -2.41. The first-order valence-electron chi connectivity index (χ1n) is 20.1. The van der Waals surface area contributed by atoms with Crippen molar-refractivity contribution in [3.8, 4) is 0 Å². The third-order valence-electron chi connectivity index (χ3n) is 12.0. The van der Waals surface area contributed by atoms with Gasteiger partial charge in [-0.25, -0.2) is 5.01 Å². The maximum Gasteiger partial charge on any atom is 0.226 e. The first-order chi connectivity index (χ1) is 25.6. The number of Topliss-reactive ketones (excluding diaryl/α,β-unsaturated/α-hetero) is 2. The van der Waals surface area contributed by atoms with Crippen molar-refractivity contribution >= 4 is 34.3 Å². The zero-order valence-corrected chi connectivity index (χ0v) is 34.7. The van der Waals surface area contributed by atoms with Crippen molar-refractivity contribution in [2.45, 2.75) is 124 Å². The van der Waals surface area contributed by atoms with E-state index in [1.807, 2.05) is 69.9 Å². The predicted octanol–water partition coefficient (Wildman–Crippen LogP) is 5.70. The number of hydrogen-bond acceptors (Lipinski definition) is 9. The molecule has 0 aliphatic carbocycles. The first-order valence-corrected chi connectivity index (χ1v) is 20.1. The van der Waals surface area contributed by atoms with Crippen LogP contribution in [0.3, 0.4) is 0 Å². The third kappa shape index (κ3) is 11.4. The van der Waals surface area contributed by atoms with E-state index in [2.05, 4.69) is 19.9 Å². The lowest BCUT2D eigenvalue weighted by molar-refractivity contribution is -0.148. The van der Waals surface area contributed by atoms with E-state index in [4.69, 9.17) is 15.6 Å². The molecule has 8 atom stereocenters. The van der Waals surface area contributed by atoms with Gasteiger partial charge < -0.3 is 19.6 Å². The van der Waals surface area contributed by atoms with Gasteiger partial charge in [-0.1, -0.05) is 79.2 Å². The number of likely N-dealkylation sites (N-methyl/N-ethyl adjacent to an activating group) is 2. The van der Waals surface area contributed by atoms with Gasteiger partial charge in [0.2, 0.25) is 11.8 Å². The van der Waals surface area contributed by atoms with E-state index in [0.717, 1.165) is 29.4 Å². The molecule has 3 rings (SSSR count). The highest BCUT2D eigenvalue weighted by molar-refractivity contribution is 5.90. The Morgan fingerprint density at radius 2 is 1.67 bits per heavy atom. The Hall–Kier alpha value is -3.25. The second-order valence-corrected chi connectivity index (χ2v) is 16.4. The molecule has 2 aromatic rings. The van der Waals surface area contributed by atoms with Crippen molar-refractivity contribution in [1.82, 2.24) is 19.8 Å². The number of nitrogens with zero attached hydrogens (tertiary/aromatic N) is 4.